The first-order valence-corrected chi connectivity index (χ1v) is 10.1. The number of oxazole rings is 1. The number of aromatic nitrogens is 1. The fourth-order valence-corrected chi connectivity index (χ4v) is 4.74. The van der Waals surface area contributed by atoms with Crippen LogP contribution in [-0.4, -0.2) is 46.7 Å². The van der Waals surface area contributed by atoms with Crippen molar-refractivity contribution in [2.75, 3.05) is 13.1 Å². The highest BCUT2D eigenvalue weighted by molar-refractivity contribution is 7.99. The van der Waals surface area contributed by atoms with Gasteiger partial charge in [-0.3, -0.25) is 14.5 Å². The molecule has 1 aromatic carbocycles. The molecule has 4 heterocycles. The smallest absolute Gasteiger partial charge is 0.261 e. The Hall–Kier alpha value is -2.12. The van der Waals surface area contributed by atoms with Crippen molar-refractivity contribution in [1.29, 1.82) is 0 Å². The molecule has 3 saturated heterocycles. The van der Waals surface area contributed by atoms with Gasteiger partial charge in [-0.25, -0.2) is 4.98 Å². The first-order chi connectivity index (χ1) is 13.0. The second-order valence-corrected chi connectivity index (χ2v) is 8.32. The summed E-state index contributed by atoms with van der Waals surface area (Å²) in [7, 11) is 0. The standard InChI is InChI=1S/C20H23N3O3S/c1-12-18(14-7-9-23(12)10-8-14)22-19(25)15-3-5-16(6-4-15)27-20-21-17(11-26-20)13(2)24/h3-6,11-12,14,18H,7-10H2,1-2H3,(H,22,25)/t12-,18-/m0/s1. The van der Waals surface area contributed by atoms with Gasteiger partial charge in [0.2, 0.25) is 0 Å². The number of amides is 1. The van der Waals surface area contributed by atoms with Crippen molar-refractivity contribution in [3.05, 3.63) is 41.8 Å². The average molecular weight is 385 g/mol. The average Bonchev–Trinajstić information content (AvgIpc) is 3.14. The zero-order valence-corrected chi connectivity index (χ0v) is 16.3. The van der Waals surface area contributed by atoms with Crippen LogP contribution in [0.2, 0.25) is 0 Å². The van der Waals surface area contributed by atoms with Crippen molar-refractivity contribution in [2.24, 2.45) is 5.92 Å². The highest BCUT2D eigenvalue weighted by Crippen LogP contribution is 2.32. The van der Waals surface area contributed by atoms with Gasteiger partial charge < -0.3 is 9.73 Å². The van der Waals surface area contributed by atoms with E-state index in [0.717, 1.165) is 18.0 Å². The Morgan fingerprint density at radius 2 is 1.93 bits per heavy atom. The third kappa shape index (κ3) is 3.80. The second kappa shape index (κ2) is 7.48. The third-order valence-electron chi connectivity index (χ3n) is 5.64. The van der Waals surface area contributed by atoms with E-state index in [1.54, 1.807) is 0 Å². The van der Waals surface area contributed by atoms with Crippen molar-refractivity contribution >= 4 is 23.5 Å². The number of Topliss-reactive ketones (excluding diaryl/α,β-unsaturated/α-hetero) is 1. The van der Waals surface area contributed by atoms with Crippen LogP contribution in [0.15, 0.2) is 45.1 Å². The van der Waals surface area contributed by atoms with Crippen LogP contribution in [-0.2, 0) is 0 Å². The molecule has 0 saturated carbocycles. The van der Waals surface area contributed by atoms with Crippen LogP contribution in [0.4, 0.5) is 0 Å². The number of nitrogens with zero attached hydrogens (tertiary/aromatic N) is 2. The molecular weight excluding hydrogens is 362 g/mol. The van der Waals surface area contributed by atoms with Gasteiger partial charge in [-0.2, -0.15) is 0 Å². The molecule has 0 aliphatic carbocycles. The molecule has 6 nitrogen and oxygen atoms in total. The number of carbonyl (C=O) groups excluding carboxylic acids is 2. The number of ketones is 1. The number of hydrogen-bond acceptors (Lipinski definition) is 6. The molecule has 2 atom stereocenters. The topological polar surface area (TPSA) is 75.4 Å². The molecule has 3 aliphatic heterocycles. The predicted molar refractivity (Wildman–Crippen MR) is 102 cm³/mol. The zero-order valence-electron chi connectivity index (χ0n) is 15.5. The zero-order chi connectivity index (χ0) is 19.0. The largest absolute Gasteiger partial charge is 0.439 e. The molecule has 0 unspecified atom stereocenters. The number of hydrogen-bond donors (Lipinski definition) is 1. The van der Waals surface area contributed by atoms with Crippen molar-refractivity contribution < 1.29 is 14.0 Å². The molecule has 5 rings (SSSR count). The van der Waals surface area contributed by atoms with E-state index >= 15 is 0 Å². The van der Waals surface area contributed by atoms with Crippen LogP contribution in [0.3, 0.4) is 0 Å². The summed E-state index contributed by atoms with van der Waals surface area (Å²) in [5, 5.41) is 3.66. The van der Waals surface area contributed by atoms with Gasteiger partial charge >= 0.3 is 0 Å². The Labute approximate surface area is 162 Å². The summed E-state index contributed by atoms with van der Waals surface area (Å²) in [4.78, 5) is 31.5. The normalized spacial score (nSPS) is 26.7. The quantitative estimate of drug-likeness (QED) is 0.797. The monoisotopic (exact) mass is 385 g/mol. The highest BCUT2D eigenvalue weighted by atomic mass is 32.2. The number of nitrogens with one attached hydrogen (secondary N) is 1. The fourth-order valence-electron chi connectivity index (χ4n) is 4.02. The Morgan fingerprint density at radius 1 is 1.22 bits per heavy atom. The van der Waals surface area contributed by atoms with Gasteiger partial charge in [-0.15, -0.1) is 0 Å². The van der Waals surface area contributed by atoms with Crippen molar-refractivity contribution in [1.82, 2.24) is 15.2 Å². The van der Waals surface area contributed by atoms with E-state index in [4.69, 9.17) is 4.42 Å². The number of carbonyl (C=O) groups is 2. The van der Waals surface area contributed by atoms with Crippen LogP contribution in [0.5, 0.6) is 0 Å². The molecule has 1 amide bonds. The van der Waals surface area contributed by atoms with Crippen molar-refractivity contribution in [3.63, 3.8) is 0 Å². The lowest BCUT2D eigenvalue weighted by molar-refractivity contribution is 0.0217. The van der Waals surface area contributed by atoms with Crippen LogP contribution in [0, 0.1) is 5.92 Å². The summed E-state index contributed by atoms with van der Waals surface area (Å²) < 4.78 is 5.30. The first kappa shape index (κ1) is 18.3. The van der Waals surface area contributed by atoms with Crippen LogP contribution in [0.1, 0.15) is 47.5 Å². The molecule has 3 aliphatic rings. The van der Waals surface area contributed by atoms with E-state index in [1.807, 2.05) is 24.3 Å². The number of benzene rings is 1. The maximum atomic E-state index is 12.7. The van der Waals surface area contributed by atoms with Crippen LogP contribution in [0.25, 0.3) is 0 Å². The minimum atomic E-state index is -0.125. The Kier molecular flexibility index (Phi) is 5.06. The summed E-state index contributed by atoms with van der Waals surface area (Å²) >= 11 is 1.32. The Bertz CT molecular complexity index is 838. The highest BCUT2D eigenvalue weighted by Gasteiger charge is 2.40. The van der Waals surface area contributed by atoms with Gasteiger partial charge in [-0.05, 0) is 74.8 Å². The lowest BCUT2D eigenvalue weighted by Gasteiger charge is -2.49. The molecule has 7 heteroatoms. The molecular formula is C20H23N3O3S. The van der Waals surface area contributed by atoms with Gasteiger partial charge in [0.25, 0.3) is 11.1 Å². The van der Waals surface area contributed by atoms with Gasteiger partial charge in [0.05, 0.1) is 0 Å². The van der Waals surface area contributed by atoms with E-state index < -0.39 is 0 Å². The molecule has 2 aromatic rings. The third-order valence-corrected chi connectivity index (χ3v) is 6.51. The molecule has 1 N–H and O–H groups in total. The van der Waals surface area contributed by atoms with E-state index in [0.29, 0.717) is 28.4 Å². The molecule has 0 spiro atoms. The number of piperidine rings is 3. The van der Waals surface area contributed by atoms with Crippen molar-refractivity contribution in [2.45, 2.75) is 48.9 Å². The molecule has 27 heavy (non-hydrogen) atoms. The number of rotatable bonds is 5. The summed E-state index contributed by atoms with van der Waals surface area (Å²) in [5.41, 5.74) is 0.972. The predicted octanol–water partition coefficient (Wildman–Crippen LogP) is 3.24. The van der Waals surface area contributed by atoms with E-state index in [1.165, 1.54) is 37.8 Å². The molecule has 1 aromatic heterocycles. The SMILES string of the molecule is CC(=O)c1coc(Sc2ccc(C(=O)N[C@@H]3C4CCN(CC4)[C@H]3C)cc2)n1. The summed E-state index contributed by atoms with van der Waals surface area (Å²) in [6.07, 6.45) is 3.70. The molecule has 0 radical (unpaired) electrons. The summed E-state index contributed by atoms with van der Waals surface area (Å²) in [6.45, 7) is 5.96. The Balaban J connectivity index is 1.39. The van der Waals surface area contributed by atoms with E-state index in [2.05, 4.69) is 22.1 Å². The lowest BCUT2D eigenvalue weighted by atomic mass is 9.79. The fraction of sp³-hybridized carbons (Fsp3) is 0.450. The minimum absolute atomic E-state index is 0.0212. The maximum absolute atomic E-state index is 12.7. The van der Waals surface area contributed by atoms with Gasteiger partial charge in [0.1, 0.15) is 12.0 Å². The molecule has 142 valence electrons. The van der Waals surface area contributed by atoms with E-state index in [9.17, 15) is 9.59 Å². The van der Waals surface area contributed by atoms with Gasteiger partial charge in [0, 0.05) is 29.5 Å². The second-order valence-electron chi connectivity index (χ2n) is 7.29. The lowest BCUT2D eigenvalue weighted by Crippen LogP contribution is -2.62. The molecule has 2 bridgehead atoms. The first-order valence-electron chi connectivity index (χ1n) is 9.30. The number of fused-ring (bicyclic) bond motifs is 3. The van der Waals surface area contributed by atoms with Crippen molar-refractivity contribution in [3.8, 4) is 0 Å². The van der Waals surface area contributed by atoms with E-state index in [-0.39, 0.29) is 17.7 Å². The maximum Gasteiger partial charge on any atom is 0.261 e. The Morgan fingerprint density at radius 3 is 2.52 bits per heavy atom. The van der Waals surface area contributed by atoms with Crippen LogP contribution < -0.4 is 5.32 Å². The minimum Gasteiger partial charge on any atom is -0.439 e. The molecule has 3 fully saturated rings. The summed E-state index contributed by atoms with van der Waals surface area (Å²) in [5.74, 6) is 0.441. The summed E-state index contributed by atoms with van der Waals surface area (Å²) in [6, 6.07) is 8.01. The van der Waals surface area contributed by atoms with Gasteiger partial charge in [-0.1, -0.05) is 0 Å². The van der Waals surface area contributed by atoms with Crippen LogP contribution >= 0.6 is 11.8 Å². The van der Waals surface area contributed by atoms with Gasteiger partial charge in [0.15, 0.2) is 5.78 Å².